The molecule has 126 valence electrons. The Bertz CT molecular complexity index is 755. The number of carbonyl (C=O) groups is 2. The quantitative estimate of drug-likeness (QED) is 0.857. The summed E-state index contributed by atoms with van der Waals surface area (Å²) in [5, 5.41) is 3.01. The highest BCUT2D eigenvalue weighted by molar-refractivity contribution is 7.09. The number of hydrogen-bond acceptors (Lipinski definition) is 5. The molecule has 2 aliphatic rings. The lowest BCUT2D eigenvalue weighted by atomic mass is 9.96. The van der Waals surface area contributed by atoms with Crippen LogP contribution in [0.25, 0.3) is 0 Å². The van der Waals surface area contributed by atoms with Crippen molar-refractivity contribution >= 4 is 23.2 Å². The first-order chi connectivity index (χ1) is 11.6. The number of carbonyl (C=O) groups excluding carboxylic acids is 2. The lowest BCUT2D eigenvalue weighted by molar-refractivity contribution is -0.138. The maximum Gasteiger partial charge on any atom is 0.289 e. The summed E-state index contributed by atoms with van der Waals surface area (Å²) in [4.78, 5) is 33.3. The molecule has 2 atom stereocenters. The Kier molecular flexibility index (Phi) is 3.88. The molecule has 2 aromatic heterocycles. The van der Waals surface area contributed by atoms with Gasteiger partial charge in [-0.05, 0) is 31.9 Å². The smallest absolute Gasteiger partial charge is 0.289 e. The third-order valence-corrected chi connectivity index (χ3v) is 5.70. The topological polar surface area (TPSA) is 66.7 Å². The van der Waals surface area contributed by atoms with Crippen molar-refractivity contribution in [3.8, 4) is 0 Å². The van der Waals surface area contributed by atoms with E-state index in [1.54, 1.807) is 23.5 Å². The number of aromatic nitrogens is 1. The highest BCUT2D eigenvalue weighted by Gasteiger charge is 2.45. The summed E-state index contributed by atoms with van der Waals surface area (Å²) < 4.78 is 5.25. The second-order valence-electron chi connectivity index (χ2n) is 6.32. The molecule has 2 fully saturated rings. The highest BCUT2D eigenvalue weighted by Crippen LogP contribution is 2.33. The summed E-state index contributed by atoms with van der Waals surface area (Å²) in [6, 6.07) is 3.56. The first kappa shape index (κ1) is 15.4. The third kappa shape index (κ3) is 2.62. The molecule has 0 bridgehead atoms. The first-order valence-electron chi connectivity index (χ1n) is 8.18. The minimum Gasteiger partial charge on any atom is -0.459 e. The maximum atomic E-state index is 12.6. The minimum absolute atomic E-state index is 0.0695. The molecule has 2 amide bonds. The summed E-state index contributed by atoms with van der Waals surface area (Å²) in [6.07, 6.45) is 3.53. The first-order valence-corrected chi connectivity index (χ1v) is 9.06. The Labute approximate surface area is 144 Å². The molecule has 4 rings (SSSR count). The van der Waals surface area contributed by atoms with Crippen molar-refractivity contribution in [1.82, 2.24) is 14.8 Å². The molecule has 0 radical (unpaired) electrons. The largest absolute Gasteiger partial charge is 0.459 e. The van der Waals surface area contributed by atoms with Crippen molar-refractivity contribution in [2.75, 3.05) is 6.54 Å². The van der Waals surface area contributed by atoms with E-state index >= 15 is 0 Å². The lowest BCUT2D eigenvalue weighted by Crippen LogP contribution is -2.52. The van der Waals surface area contributed by atoms with Crippen LogP contribution in [-0.4, -0.2) is 45.2 Å². The van der Waals surface area contributed by atoms with Crippen LogP contribution < -0.4 is 0 Å². The van der Waals surface area contributed by atoms with Crippen LogP contribution in [0.4, 0.5) is 0 Å². The number of piperidine rings is 1. The van der Waals surface area contributed by atoms with Gasteiger partial charge < -0.3 is 14.2 Å². The zero-order valence-electron chi connectivity index (χ0n) is 13.5. The van der Waals surface area contributed by atoms with E-state index in [-0.39, 0.29) is 23.9 Å². The molecular formula is C17H19N3O3S. The molecule has 0 aliphatic carbocycles. The van der Waals surface area contributed by atoms with Crippen molar-refractivity contribution in [1.29, 1.82) is 0 Å². The Morgan fingerprint density at radius 3 is 3.00 bits per heavy atom. The summed E-state index contributed by atoms with van der Waals surface area (Å²) in [7, 11) is 0. The van der Waals surface area contributed by atoms with Crippen LogP contribution in [0.3, 0.4) is 0 Å². The zero-order valence-corrected chi connectivity index (χ0v) is 14.3. The van der Waals surface area contributed by atoms with E-state index in [9.17, 15) is 9.59 Å². The van der Waals surface area contributed by atoms with Crippen molar-refractivity contribution in [2.24, 2.45) is 0 Å². The van der Waals surface area contributed by atoms with Gasteiger partial charge in [-0.1, -0.05) is 0 Å². The van der Waals surface area contributed by atoms with Gasteiger partial charge in [-0.2, -0.15) is 0 Å². The number of nitrogens with zero attached hydrogens (tertiary/aromatic N) is 3. The van der Waals surface area contributed by atoms with E-state index in [0.717, 1.165) is 23.5 Å². The molecule has 0 saturated carbocycles. The minimum atomic E-state index is -0.0775. The number of hydrogen-bond donors (Lipinski definition) is 0. The molecular weight excluding hydrogens is 326 g/mol. The summed E-state index contributed by atoms with van der Waals surface area (Å²) >= 11 is 1.60. The lowest BCUT2D eigenvalue weighted by Gasteiger charge is -2.39. The van der Waals surface area contributed by atoms with Gasteiger partial charge in [0, 0.05) is 18.3 Å². The van der Waals surface area contributed by atoms with Gasteiger partial charge >= 0.3 is 0 Å². The van der Waals surface area contributed by atoms with E-state index in [2.05, 4.69) is 4.98 Å². The molecule has 6 nitrogen and oxygen atoms in total. The molecule has 7 heteroatoms. The van der Waals surface area contributed by atoms with Gasteiger partial charge in [0.2, 0.25) is 5.91 Å². The standard InChI is InChI=1S/C17H19N3O3S/c1-11-18-12(10-24-11)9-20-14-6-7-19(13(14)4-5-16(20)21)17(22)15-3-2-8-23-15/h2-3,8,10,13-14H,4-7,9H2,1H3/t13-,14-/m1/s1. The average Bonchev–Trinajstić information content (AvgIpc) is 3.30. The van der Waals surface area contributed by atoms with Crippen molar-refractivity contribution in [2.45, 2.75) is 44.8 Å². The van der Waals surface area contributed by atoms with Crippen LogP contribution >= 0.6 is 11.3 Å². The van der Waals surface area contributed by atoms with Crippen LogP contribution in [0.5, 0.6) is 0 Å². The Morgan fingerprint density at radius 1 is 1.42 bits per heavy atom. The second kappa shape index (κ2) is 6.05. The summed E-state index contributed by atoms with van der Waals surface area (Å²) in [5.74, 6) is 0.453. The fraction of sp³-hybridized carbons (Fsp3) is 0.471. The van der Waals surface area contributed by atoms with Gasteiger partial charge in [0.15, 0.2) is 5.76 Å². The van der Waals surface area contributed by atoms with Crippen LogP contribution in [0.1, 0.15) is 40.5 Å². The van der Waals surface area contributed by atoms with Gasteiger partial charge in [0.25, 0.3) is 5.91 Å². The molecule has 0 unspecified atom stereocenters. The monoisotopic (exact) mass is 345 g/mol. The van der Waals surface area contributed by atoms with Crippen LogP contribution in [0.2, 0.25) is 0 Å². The van der Waals surface area contributed by atoms with E-state index in [0.29, 0.717) is 25.3 Å². The normalized spacial score (nSPS) is 23.6. The number of furan rings is 1. The Morgan fingerprint density at radius 2 is 2.29 bits per heavy atom. The van der Waals surface area contributed by atoms with Gasteiger partial charge in [-0.15, -0.1) is 11.3 Å². The van der Waals surface area contributed by atoms with Crippen LogP contribution in [0, 0.1) is 6.92 Å². The van der Waals surface area contributed by atoms with E-state index < -0.39 is 0 Å². The van der Waals surface area contributed by atoms with Gasteiger partial charge in [-0.25, -0.2) is 4.98 Å². The molecule has 0 N–H and O–H groups in total. The fourth-order valence-corrected chi connectivity index (χ4v) is 4.41. The number of rotatable bonds is 3. The highest BCUT2D eigenvalue weighted by atomic mass is 32.1. The van der Waals surface area contributed by atoms with E-state index in [1.807, 2.05) is 22.1 Å². The van der Waals surface area contributed by atoms with Crippen LogP contribution in [-0.2, 0) is 11.3 Å². The molecule has 4 heterocycles. The SMILES string of the molecule is Cc1nc(CN2C(=O)CC[C@@H]3[C@H]2CCN3C(=O)c2ccco2)cs1. The van der Waals surface area contributed by atoms with Crippen molar-refractivity contribution < 1.29 is 14.0 Å². The molecule has 2 saturated heterocycles. The predicted octanol–water partition coefficient (Wildman–Crippen LogP) is 2.45. The zero-order chi connectivity index (χ0) is 16.7. The summed E-state index contributed by atoms with van der Waals surface area (Å²) in [5.41, 5.74) is 0.933. The maximum absolute atomic E-state index is 12.6. The third-order valence-electron chi connectivity index (χ3n) is 4.88. The molecule has 2 aliphatic heterocycles. The van der Waals surface area contributed by atoms with Gasteiger partial charge in [-0.3, -0.25) is 9.59 Å². The number of fused-ring (bicyclic) bond motifs is 1. The number of amides is 2. The number of aryl methyl sites for hydroxylation is 1. The molecule has 2 aromatic rings. The molecule has 0 aromatic carbocycles. The predicted molar refractivity (Wildman–Crippen MR) is 88.6 cm³/mol. The van der Waals surface area contributed by atoms with Crippen molar-refractivity contribution in [3.05, 3.63) is 40.2 Å². The molecule has 0 spiro atoms. The van der Waals surface area contributed by atoms with Crippen molar-refractivity contribution in [3.63, 3.8) is 0 Å². The summed E-state index contributed by atoms with van der Waals surface area (Å²) in [6.45, 7) is 3.16. The number of likely N-dealkylation sites (tertiary alicyclic amines) is 2. The van der Waals surface area contributed by atoms with Gasteiger partial charge in [0.05, 0.1) is 35.6 Å². The second-order valence-corrected chi connectivity index (χ2v) is 7.38. The Balaban J connectivity index is 1.53. The van der Waals surface area contributed by atoms with Crippen LogP contribution in [0.15, 0.2) is 28.2 Å². The van der Waals surface area contributed by atoms with E-state index in [4.69, 9.17) is 4.42 Å². The fourth-order valence-electron chi connectivity index (χ4n) is 3.80. The molecule has 24 heavy (non-hydrogen) atoms. The van der Waals surface area contributed by atoms with E-state index in [1.165, 1.54) is 6.26 Å². The Hall–Kier alpha value is -2.15. The number of thiazole rings is 1. The average molecular weight is 345 g/mol. The van der Waals surface area contributed by atoms with Gasteiger partial charge in [0.1, 0.15) is 0 Å².